The van der Waals surface area contributed by atoms with E-state index in [-0.39, 0.29) is 0 Å². The number of hydrogen-bond donors (Lipinski definition) is 1. The molecule has 0 fully saturated rings. The molecule has 16 heavy (non-hydrogen) atoms. The highest BCUT2D eigenvalue weighted by Crippen LogP contribution is 2.30. The first-order chi connectivity index (χ1) is 7.83. The summed E-state index contributed by atoms with van der Waals surface area (Å²) in [6, 6.07) is 0. The van der Waals surface area contributed by atoms with E-state index in [2.05, 4.69) is 16.5 Å². The lowest BCUT2D eigenvalue weighted by atomic mass is 10.1. The van der Waals surface area contributed by atoms with Crippen LogP contribution >= 0.6 is 11.5 Å². The minimum Gasteiger partial charge on any atom is -0.495 e. The average molecular weight is 240 g/mol. The quantitative estimate of drug-likeness (QED) is 0.876. The Hall–Kier alpha value is -0.940. The molecule has 0 aromatic carbocycles. The van der Waals surface area contributed by atoms with Gasteiger partial charge in [-0.15, -0.1) is 5.10 Å². The van der Waals surface area contributed by atoms with E-state index in [1.807, 2.05) is 6.08 Å². The molecule has 1 atom stereocenters. The Morgan fingerprint density at radius 1 is 1.62 bits per heavy atom. The number of aryl methyl sites for hydroxylation is 1. The molecule has 2 rings (SSSR count). The summed E-state index contributed by atoms with van der Waals surface area (Å²) < 4.78 is 9.36. The van der Waals surface area contributed by atoms with Gasteiger partial charge >= 0.3 is 0 Å². The van der Waals surface area contributed by atoms with E-state index in [1.54, 1.807) is 0 Å². The molecule has 0 bridgehead atoms. The Labute approximate surface area is 99.1 Å². The fourth-order valence-corrected chi connectivity index (χ4v) is 2.42. The molecule has 0 spiro atoms. The second-order valence-electron chi connectivity index (χ2n) is 3.83. The van der Waals surface area contributed by atoms with Gasteiger partial charge < -0.3 is 9.84 Å². The summed E-state index contributed by atoms with van der Waals surface area (Å²) in [5.74, 6) is 0.662. The highest BCUT2D eigenvalue weighted by molar-refractivity contribution is 7.05. The fourth-order valence-electron chi connectivity index (χ4n) is 1.73. The Balaban J connectivity index is 2.15. The SMILES string of the molecule is CCCc1nnsc1C(O)C1=CCCCO1. The first kappa shape index (κ1) is 11.5. The van der Waals surface area contributed by atoms with Crippen molar-refractivity contribution in [2.24, 2.45) is 0 Å². The molecule has 1 aliphatic rings. The van der Waals surface area contributed by atoms with Crippen LogP contribution in [-0.4, -0.2) is 21.3 Å². The van der Waals surface area contributed by atoms with Crippen molar-refractivity contribution in [2.45, 2.75) is 38.7 Å². The summed E-state index contributed by atoms with van der Waals surface area (Å²) in [4.78, 5) is 0.829. The van der Waals surface area contributed by atoms with E-state index in [0.717, 1.165) is 36.3 Å². The van der Waals surface area contributed by atoms with Gasteiger partial charge in [0.05, 0.1) is 17.2 Å². The zero-order valence-electron chi connectivity index (χ0n) is 9.35. The van der Waals surface area contributed by atoms with Crippen molar-refractivity contribution < 1.29 is 9.84 Å². The Kier molecular flexibility index (Phi) is 3.90. The number of rotatable bonds is 4. The maximum atomic E-state index is 10.2. The summed E-state index contributed by atoms with van der Waals surface area (Å²) in [6.45, 7) is 2.78. The standard InChI is InChI=1S/C11H16N2O2S/c1-2-5-8-11(16-13-12-8)10(14)9-6-3-4-7-15-9/h6,10,14H,2-5,7H2,1H3. The number of aliphatic hydroxyl groups is 1. The largest absolute Gasteiger partial charge is 0.495 e. The molecule has 1 unspecified atom stereocenters. The van der Waals surface area contributed by atoms with Crippen LogP contribution in [0, 0.1) is 0 Å². The molecule has 0 saturated carbocycles. The lowest BCUT2D eigenvalue weighted by molar-refractivity contribution is 0.0931. The van der Waals surface area contributed by atoms with Crippen LogP contribution in [0.5, 0.6) is 0 Å². The van der Waals surface area contributed by atoms with Gasteiger partial charge in [-0.3, -0.25) is 0 Å². The number of aliphatic hydroxyl groups excluding tert-OH is 1. The van der Waals surface area contributed by atoms with Crippen LogP contribution in [0.15, 0.2) is 11.8 Å². The van der Waals surface area contributed by atoms with Gasteiger partial charge in [0, 0.05) is 0 Å². The lowest BCUT2D eigenvalue weighted by Gasteiger charge is -2.19. The fraction of sp³-hybridized carbons (Fsp3) is 0.636. The topological polar surface area (TPSA) is 55.2 Å². The molecular formula is C11H16N2O2S. The van der Waals surface area contributed by atoms with E-state index >= 15 is 0 Å². The molecule has 0 saturated heterocycles. The van der Waals surface area contributed by atoms with Crippen molar-refractivity contribution in [1.29, 1.82) is 0 Å². The summed E-state index contributed by atoms with van der Waals surface area (Å²) in [5, 5.41) is 14.2. The van der Waals surface area contributed by atoms with Crippen LogP contribution in [0.4, 0.5) is 0 Å². The van der Waals surface area contributed by atoms with Crippen molar-refractivity contribution in [3.05, 3.63) is 22.4 Å². The summed E-state index contributed by atoms with van der Waals surface area (Å²) >= 11 is 1.26. The number of aromatic nitrogens is 2. The van der Waals surface area contributed by atoms with E-state index in [4.69, 9.17) is 4.74 Å². The molecule has 0 radical (unpaired) electrons. The number of ether oxygens (including phenoxy) is 1. The molecule has 1 aromatic rings. The molecule has 0 amide bonds. The average Bonchev–Trinajstić information content (AvgIpc) is 2.78. The van der Waals surface area contributed by atoms with E-state index in [1.165, 1.54) is 11.5 Å². The van der Waals surface area contributed by atoms with E-state index in [0.29, 0.717) is 12.4 Å². The minimum absolute atomic E-state index is 0.662. The highest BCUT2D eigenvalue weighted by Gasteiger charge is 2.22. The van der Waals surface area contributed by atoms with Crippen molar-refractivity contribution in [1.82, 2.24) is 9.59 Å². The van der Waals surface area contributed by atoms with Crippen molar-refractivity contribution >= 4 is 11.5 Å². The molecule has 2 heterocycles. The van der Waals surface area contributed by atoms with Crippen LogP contribution in [0.3, 0.4) is 0 Å². The summed E-state index contributed by atoms with van der Waals surface area (Å²) in [7, 11) is 0. The van der Waals surface area contributed by atoms with Gasteiger partial charge in [0.15, 0.2) is 0 Å². The Bertz CT molecular complexity index is 376. The van der Waals surface area contributed by atoms with Gasteiger partial charge in [-0.1, -0.05) is 17.8 Å². The predicted octanol–water partition coefficient (Wildman–Crippen LogP) is 2.22. The number of allylic oxidation sites excluding steroid dienone is 1. The third-order valence-electron chi connectivity index (χ3n) is 2.55. The van der Waals surface area contributed by atoms with E-state index < -0.39 is 6.10 Å². The van der Waals surface area contributed by atoms with Gasteiger partial charge in [-0.25, -0.2) is 0 Å². The van der Waals surface area contributed by atoms with Gasteiger partial charge in [0.1, 0.15) is 11.9 Å². The third-order valence-corrected chi connectivity index (χ3v) is 3.37. The van der Waals surface area contributed by atoms with Crippen LogP contribution in [0.1, 0.15) is 42.9 Å². The second kappa shape index (κ2) is 5.41. The van der Waals surface area contributed by atoms with Crippen molar-refractivity contribution in [3.8, 4) is 0 Å². The first-order valence-corrected chi connectivity index (χ1v) is 6.42. The van der Waals surface area contributed by atoms with Crippen LogP contribution < -0.4 is 0 Å². The second-order valence-corrected chi connectivity index (χ2v) is 4.62. The minimum atomic E-state index is -0.679. The zero-order valence-corrected chi connectivity index (χ0v) is 10.2. The van der Waals surface area contributed by atoms with Crippen LogP contribution in [-0.2, 0) is 11.2 Å². The Morgan fingerprint density at radius 3 is 3.19 bits per heavy atom. The van der Waals surface area contributed by atoms with Crippen LogP contribution in [0.2, 0.25) is 0 Å². The van der Waals surface area contributed by atoms with Crippen LogP contribution in [0.25, 0.3) is 0 Å². The monoisotopic (exact) mass is 240 g/mol. The molecule has 88 valence electrons. The van der Waals surface area contributed by atoms with Gasteiger partial charge in [0.25, 0.3) is 0 Å². The summed E-state index contributed by atoms with van der Waals surface area (Å²) in [6.07, 6.45) is 5.15. The smallest absolute Gasteiger partial charge is 0.148 e. The third kappa shape index (κ3) is 2.41. The van der Waals surface area contributed by atoms with Gasteiger partial charge in [0.2, 0.25) is 0 Å². The van der Waals surface area contributed by atoms with Gasteiger partial charge in [-0.05, 0) is 36.9 Å². The molecule has 0 aliphatic carbocycles. The molecule has 5 heteroatoms. The molecule has 1 N–H and O–H groups in total. The van der Waals surface area contributed by atoms with Crippen molar-refractivity contribution in [3.63, 3.8) is 0 Å². The molecular weight excluding hydrogens is 224 g/mol. The molecule has 4 nitrogen and oxygen atoms in total. The Morgan fingerprint density at radius 2 is 2.50 bits per heavy atom. The van der Waals surface area contributed by atoms with Crippen molar-refractivity contribution in [2.75, 3.05) is 6.61 Å². The zero-order chi connectivity index (χ0) is 11.4. The first-order valence-electron chi connectivity index (χ1n) is 5.65. The molecule has 1 aliphatic heterocycles. The van der Waals surface area contributed by atoms with E-state index in [9.17, 15) is 5.11 Å². The van der Waals surface area contributed by atoms with Gasteiger partial charge in [-0.2, -0.15) is 0 Å². The maximum absolute atomic E-state index is 10.2. The number of nitrogens with zero attached hydrogens (tertiary/aromatic N) is 2. The molecule has 1 aromatic heterocycles. The predicted molar refractivity (Wildman–Crippen MR) is 62.1 cm³/mol. The summed E-state index contributed by atoms with van der Waals surface area (Å²) in [5.41, 5.74) is 0.898. The highest BCUT2D eigenvalue weighted by atomic mass is 32.1. The lowest BCUT2D eigenvalue weighted by Crippen LogP contribution is -2.10. The maximum Gasteiger partial charge on any atom is 0.148 e. The normalized spacial score (nSPS) is 17.8. The number of hydrogen-bond acceptors (Lipinski definition) is 5.